The van der Waals surface area contributed by atoms with Gasteiger partial charge in [0.05, 0.1) is 19.0 Å². The van der Waals surface area contributed by atoms with Crippen molar-refractivity contribution in [1.29, 1.82) is 5.26 Å². The Balaban J connectivity index is 2.79. The van der Waals surface area contributed by atoms with Crippen LogP contribution in [0.2, 0.25) is 0 Å². The predicted molar refractivity (Wildman–Crippen MR) is 77.2 cm³/mol. The smallest absolute Gasteiger partial charge is 0.210 e. The quantitative estimate of drug-likeness (QED) is 0.919. The number of imidazole rings is 1. The fourth-order valence-corrected chi connectivity index (χ4v) is 2.66. The molecule has 1 aromatic carbocycles. The molecule has 2 aromatic rings. The molecule has 0 amide bonds. The van der Waals surface area contributed by atoms with E-state index in [9.17, 15) is 0 Å². The summed E-state index contributed by atoms with van der Waals surface area (Å²) in [5.74, 6) is 1.11. The Bertz CT molecular complexity index is 683. The van der Waals surface area contributed by atoms with Crippen molar-refractivity contribution in [3.63, 3.8) is 0 Å². The molecule has 0 aliphatic carbocycles. The van der Waals surface area contributed by atoms with Crippen LogP contribution >= 0.6 is 15.9 Å². The van der Waals surface area contributed by atoms with Crippen LogP contribution in [-0.2, 0) is 0 Å². The number of benzene rings is 1. The number of halogens is 1. The molecular weight excluding hydrogens is 306 g/mol. The standard InChI is InChI=1S/C14H14BrN3O/c1-7-8(2)14(19-4)12(9(3)13(7)15)10-6-17-11(5-16)18-10/h6H,1-4H3,(H,17,18). The van der Waals surface area contributed by atoms with E-state index in [4.69, 9.17) is 10.00 Å². The minimum absolute atomic E-state index is 0.297. The zero-order chi connectivity index (χ0) is 14.2. The number of rotatable bonds is 2. The Morgan fingerprint density at radius 2 is 1.95 bits per heavy atom. The van der Waals surface area contributed by atoms with Gasteiger partial charge in [0.25, 0.3) is 0 Å². The average molecular weight is 320 g/mol. The number of aromatic nitrogens is 2. The number of methoxy groups -OCH3 is 1. The third-order valence-electron chi connectivity index (χ3n) is 3.32. The molecule has 0 aliphatic heterocycles. The summed E-state index contributed by atoms with van der Waals surface area (Å²) in [6, 6.07) is 2.00. The average Bonchev–Trinajstić information content (AvgIpc) is 2.88. The lowest BCUT2D eigenvalue weighted by molar-refractivity contribution is 0.412. The predicted octanol–water partition coefficient (Wildman–Crippen LogP) is 3.64. The summed E-state index contributed by atoms with van der Waals surface area (Å²) in [6.07, 6.45) is 1.66. The Labute approximate surface area is 120 Å². The molecule has 0 radical (unpaired) electrons. The molecule has 1 aromatic heterocycles. The fourth-order valence-electron chi connectivity index (χ4n) is 2.17. The van der Waals surface area contributed by atoms with Crippen LogP contribution in [0, 0.1) is 32.1 Å². The van der Waals surface area contributed by atoms with Gasteiger partial charge in [0, 0.05) is 10.0 Å². The summed E-state index contributed by atoms with van der Waals surface area (Å²) < 4.78 is 6.59. The van der Waals surface area contributed by atoms with Crippen LogP contribution < -0.4 is 4.74 Å². The third kappa shape index (κ3) is 2.13. The molecule has 19 heavy (non-hydrogen) atoms. The van der Waals surface area contributed by atoms with Gasteiger partial charge in [0.1, 0.15) is 11.8 Å². The highest BCUT2D eigenvalue weighted by Crippen LogP contribution is 2.41. The molecule has 98 valence electrons. The lowest BCUT2D eigenvalue weighted by Gasteiger charge is -2.17. The SMILES string of the molecule is COc1c(C)c(C)c(Br)c(C)c1-c1cnc(C#N)[nH]1. The van der Waals surface area contributed by atoms with E-state index < -0.39 is 0 Å². The Hall–Kier alpha value is -1.80. The Morgan fingerprint density at radius 1 is 1.26 bits per heavy atom. The number of hydrogen-bond acceptors (Lipinski definition) is 3. The highest BCUT2D eigenvalue weighted by Gasteiger charge is 2.19. The summed E-state index contributed by atoms with van der Waals surface area (Å²) in [4.78, 5) is 7.02. The van der Waals surface area contributed by atoms with Crippen molar-refractivity contribution in [3.8, 4) is 23.1 Å². The summed E-state index contributed by atoms with van der Waals surface area (Å²) in [5, 5.41) is 8.86. The Kier molecular flexibility index (Phi) is 3.63. The van der Waals surface area contributed by atoms with Gasteiger partial charge in [-0.2, -0.15) is 5.26 Å². The van der Waals surface area contributed by atoms with Gasteiger partial charge >= 0.3 is 0 Å². The number of aromatic amines is 1. The lowest BCUT2D eigenvalue weighted by Crippen LogP contribution is -1.99. The van der Waals surface area contributed by atoms with Crippen molar-refractivity contribution in [2.45, 2.75) is 20.8 Å². The molecule has 1 N–H and O–H groups in total. The normalized spacial score (nSPS) is 10.3. The van der Waals surface area contributed by atoms with Gasteiger partial charge in [-0.15, -0.1) is 0 Å². The van der Waals surface area contributed by atoms with Crippen molar-refractivity contribution < 1.29 is 4.74 Å². The molecule has 0 atom stereocenters. The van der Waals surface area contributed by atoms with E-state index >= 15 is 0 Å². The number of hydrogen-bond donors (Lipinski definition) is 1. The number of nitriles is 1. The van der Waals surface area contributed by atoms with E-state index in [0.29, 0.717) is 5.82 Å². The van der Waals surface area contributed by atoms with E-state index in [0.717, 1.165) is 38.2 Å². The van der Waals surface area contributed by atoms with Gasteiger partial charge in [-0.3, -0.25) is 0 Å². The van der Waals surface area contributed by atoms with Crippen molar-refractivity contribution in [1.82, 2.24) is 9.97 Å². The fraction of sp³-hybridized carbons (Fsp3) is 0.286. The van der Waals surface area contributed by atoms with E-state index in [1.807, 2.05) is 26.8 Å². The maximum absolute atomic E-state index is 8.86. The molecule has 2 rings (SSSR count). The molecular formula is C14H14BrN3O. The molecule has 1 heterocycles. The molecule has 0 unspecified atom stereocenters. The first kappa shape index (κ1) is 13.6. The molecule has 0 saturated carbocycles. The number of nitrogens with one attached hydrogen (secondary N) is 1. The second kappa shape index (κ2) is 5.06. The monoisotopic (exact) mass is 319 g/mol. The zero-order valence-corrected chi connectivity index (χ0v) is 12.8. The lowest BCUT2D eigenvalue weighted by atomic mass is 9.97. The first-order valence-corrected chi connectivity index (χ1v) is 6.59. The molecule has 5 heteroatoms. The van der Waals surface area contributed by atoms with Gasteiger partial charge in [-0.25, -0.2) is 4.98 Å². The van der Waals surface area contributed by atoms with Crippen molar-refractivity contribution in [2.75, 3.05) is 7.11 Å². The molecule has 0 spiro atoms. The van der Waals surface area contributed by atoms with Crippen molar-refractivity contribution in [3.05, 3.63) is 33.2 Å². The van der Waals surface area contributed by atoms with Gasteiger partial charge in [0.15, 0.2) is 0 Å². The summed E-state index contributed by atoms with van der Waals surface area (Å²) in [7, 11) is 1.65. The van der Waals surface area contributed by atoms with Crippen LogP contribution in [-0.4, -0.2) is 17.1 Å². The van der Waals surface area contributed by atoms with E-state index in [1.54, 1.807) is 13.3 Å². The second-order valence-corrected chi connectivity index (χ2v) is 5.15. The third-order valence-corrected chi connectivity index (χ3v) is 4.51. The summed E-state index contributed by atoms with van der Waals surface area (Å²) >= 11 is 3.61. The highest BCUT2D eigenvalue weighted by atomic mass is 79.9. The molecule has 0 bridgehead atoms. The van der Waals surface area contributed by atoms with Gasteiger partial charge in [-0.05, 0) is 37.5 Å². The topological polar surface area (TPSA) is 61.7 Å². The minimum Gasteiger partial charge on any atom is -0.496 e. The first-order chi connectivity index (χ1) is 9.01. The zero-order valence-electron chi connectivity index (χ0n) is 11.3. The van der Waals surface area contributed by atoms with Gasteiger partial charge < -0.3 is 9.72 Å². The van der Waals surface area contributed by atoms with Crippen molar-refractivity contribution >= 4 is 15.9 Å². The van der Waals surface area contributed by atoms with Gasteiger partial charge in [0.2, 0.25) is 5.82 Å². The number of ether oxygens (including phenoxy) is 1. The maximum Gasteiger partial charge on any atom is 0.210 e. The van der Waals surface area contributed by atoms with Crippen LogP contribution in [0.4, 0.5) is 0 Å². The largest absolute Gasteiger partial charge is 0.496 e. The first-order valence-electron chi connectivity index (χ1n) is 5.80. The van der Waals surface area contributed by atoms with Crippen molar-refractivity contribution in [2.24, 2.45) is 0 Å². The van der Waals surface area contributed by atoms with Crippen LogP contribution in [0.5, 0.6) is 5.75 Å². The van der Waals surface area contributed by atoms with Crippen LogP contribution in [0.3, 0.4) is 0 Å². The molecule has 0 aliphatic rings. The van der Waals surface area contributed by atoms with Gasteiger partial charge in [-0.1, -0.05) is 15.9 Å². The minimum atomic E-state index is 0.297. The summed E-state index contributed by atoms with van der Waals surface area (Å²) in [6.45, 7) is 6.08. The van der Waals surface area contributed by atoms with E-state index in [2.05, 4.69) is 25.9 Å². The van der Waals surface area contributed by atoms with E-state index in [-0.39, 0.29) is 0 Å². The van der Waals surface area contributed by atoms with Crippen LogP contribution in [0.25, 0.3) is 11.3 Å². The van der Waals surface area contributed by atoms with E-state index in [1.165, 1.54) is 0 Å². The second-order valence-electron chi connectivity index (χ2n) is 4.35. The number of H-pyrrole nitrogens is 1. The summed E-state index contributed by atoms with van der Waals surface area (Å²) in [5.41, 5.74) is 5.01. The number of nitrogens with zero attached hydrogens (tertiary/aromatic N) is 2. The highest BCUT2D eigenvalue weighted by molar-refractivity contribution is 9.10. The Morgan fingerprint density at radius 3 is 2.47 bits per heavy atom. The maximum atomic E-state index is 8.86. The molecule has 0 saturated heterocycles. The van der Waals surface area contributed by atoms with Crippen LogP contribution in [0.15, 0.2) is 10.7 Å². The molecule has 0 fully saturated rings. The molecule has 4 nitrogen and oxygen atoms in total. The van der Waals surface area contributed by atoms with Crippen LogP contribution in [0.1, 0.15) is 22.5 Å².